The van der Waals surface area contributed by atoms with Gasteiger partial charge in [0.15, 0.2) is 6.29 Å². The summed E-state index contributed by atoms with van der Waals surface area (Å²) in [5.74, 6) is 0. The molecule has 0 N–H and O–H groups in total. The van der Waals surface area contributed by atoms with E-state index < -0.39 is 0 Å². The Morgan fingerprint density at radius 1 is 1.33 bits per heavy atom. The lowest BCUT2D eigenvalue weighted by atomic mass is 10.2. The van der Waals surface area contributed by atoms with Crippen LogP contribution in [0.15, 0.2) is 21.5 Å². The fourth-order valence-corrected chi connectivity index (χ4v) is 3.29. The standard InChI is InChI=1S/C10H12BrClO2S/c1-13-10(14-2)7-4-6(12)5-8(11)9(7)15-3/h4-5,10H,1-3H3. The van der Waals surface area contributed by atoms with Crippen molar-refractivity contribution in [2.45, 2.75) is 11.2 Å². The van der Waals surface area contributed by atoms with E-state index in [-0.39, 0.29) is 6.29 Å². The Bertz CT molecular complexity index is 342. The van der Waals surface area contributed by atoms with Crippen LogP contribution < -0.4 is 0 Å². The third-order valence-electron chi connectivity index (χ3n) is 1.92. The maximum atomic E-state index is 5.99. The average Bonchev–Trinajstić information content (AvgIpc) is 2.19. The van der Waals surface area contributed by atoms with Crippen molar-refractivity contribution < 1.29 is 9.47 Å². The van der Waals surface area contributed by atoms with Crippen molar-refractivity contribution in [2.24, 2.45) is 0 Å². The molecule has 0 atom stereocenters. The Balaban J connectivity index is 3.24. The lowest BCUT2D eigenvalue weighted by Gasteiger charge is -2.18. The monoisotopic (exact) mass is 310 g/mol. The van der Waals surface area contributed by atoms with Crippen LogP contribution >= 0.6 is 39.3 Å². The van der Waals surface area contributed by atoms with Crippen LogP contribution in [0.1, 0.15) is 11.9 Å². The molecule has 1 aromatic carbocycles. The third kappa shape index (κ3) is 3.11. The van der Waals surface area contributed by atoms with Crippen molar-refractivity contribution in [1.29, 1.82) is 0 Å². The lowest BCUT2D eigenvalue weighted by Crippen LogP contribution is -2.05. The maximum Gasteiger partial charge on any atom is 0.184 e. The Morgan fingerprint density at radius 3 is 2.40 bits per heavy atom. The van der Waals surface area contributed by atoms with E-state index in [9.17, 15) is 0 Å². The molecule has 0 unspecified atom stereocenters. The molecule has 1 rings (SSSR count). The highest BCUT2D eigenvalue weighted by molar-refractivity contribution is 9.10. The summed E-state index contributed by atoms with van der Waals surface area (Å²) in [5.41, 5.74) is 0.937. The van der Waals surface area contributed by atoms with Gasteiger partial charge in [-0.1, -0.05) is 11.6 Å². The Kier molecular flexibility index (Phi) is 5.43. The number of benzene rings is 1. The molecule has 0 aliphatic carbocycles. The van der Waals surface area contributed by atoms with Gasteiger partial charge in [0.05, 0.1) is 0 Å². The molecule has 5 heteroatoms. The summed E-state index contributed by atoms with van der Waals surface area (Å²) in [6.45, 7) is 0. The second kappa shape index (κ2) is 6.11. The number of rotatable bonds is 4. The first-order chi connectivity index (χ1) is 7.13. The van der Waals surface area contributed by atoms with Crippen LogP contribution in [0.3, 0.4) is 0 Å². The Labute approximate surface area is 107 Å². The molecule has 0 bridgehead atoms. The molecule has 0 spiro atoms. The largest absolute Gasteiger partial charge is 0.352 e. The van der Waals surface area contributed by atoms with Gasteiger partial charge in [0.25, 0.3) is 0 Å². The smallest absolute Gasteiger partial charge is 0.184 e. The molecule has 2 nitrogen and oxygen atoms in total. The minimum absolute atomic E-state index is 0.387. The van der Waals surface area contributed by atoms with Crippen molar-refractivity contribution in [2.75, 3.05) is 20.5 Å². The second-order valence-electron chi connectivity index (χ2n) is 2.81. The van der Waals surface area contributed by atoms with Crippen molar-refractivity contribution in [3.63, 3.8) is 0 Å². The van der Waals surface area contributed by atoms with Gasteiger partial charge in [0.2, 0.25) is 0 Å². The minimum atomic E-state index is -0.387. The van der Waals surface area contributed by atoms with E-state index in [1.165, 1.54) is 0 Å². The number of hydrogen-bond acceptors (Lipinski definition) is 3. The van der Waals surface area contributed by atoms with Gasteiger partial charge in [0, 0.05) is 34.2 Å². The lowest BCUT2D eigenvalue weighted by molar-refractivity contribution is -0.107. The molecule has 1 aromatic rings. The molecule has 0 aliphatic heterocycles. The number of ether oxygens (including phenoxy) is 2. The summed E-state index contributed by atoms with van der Waals surface area (Å²) in [6.07, 6.45) is 1.61. The predicted molar refractivity (Wildman–Crippen MR) is 67.7 cm³/mol. The molecule has 0 aliphatic rings. The maximum absolute atomic E-state index is 5.99. The van der Waals surface area contributed by atoms with E-state index in [0.29, 0.717) is 5.02 Å². The first-order valence-electron chi connectivity index (χ1n) is 4.22. The highest BCUT2D eigenvalue weighted by Crippen LogP contribution is 2.36. The fourth-order valence-electron chi connectivity index (χ4n) is 1.32. The second-order valence-corrected chi connectivity index (χ2v) is 4.92. The van der Waals surface area contributed by atoms with Gasteiger partial charge >= 0.3 is 0 Å². The normalized spacial score (nSPS) is 11.1. The first-order valence-corrected chi connectivity index (χ1v) is 6.62. The van der Waals surface area contributed by atoms with E-state index in [0.717, 1.165) is 14.9 Å². The van der Waals surface area contributed by atoms with Crippen LogP contribution in [-0.4, -0.2) is 20.5 Å². The van der Waals surface area contributed by atoms with Crippen LogP contribution in [0, 0.1) is 0 Å². The molecule has 0 aromatic heterocycles. The van der Waals surface area contributed by atoms with Gasteiger partial charge in [-0.05, 0) is 34.3 Å². The molecule has 84 valence electrons. The molecule has 0 fully saturated rings. The van der Waals surface area contributed by atoms with Crippen molar-refractivity contribution >= 4 is 39.3 Å². The summed E-state index contributed by atoms with van der Waals surface area (Å²) < 4.78 is 11.4. The zero-order chi connectivity index (χ0) is 11.4. The van der Waals surface area contributed by atoms with Crippen LogP contribution in [0.2, 0.25) is 5.02 Å². The summed E-state index contributed by atoms with van der Waals surface area (Å²) in [7, 11) is 3.21. The molecular formula is C10H12BrClO2S. The average molecular weight is 312 g/mol. The Morgan fingerprint density at radius 2 is 1.93 bits per heavy atom. The molecule has 0 radical (unpaired) electrons. The van der Waals surface area contributed by atoms with Crippen molar-refractivity contribution in [3.05, 3.63) is 27.2 Å². The molecule has 0 heterocycles. The van der Waals surface area contributed by atoms with E-state index in [4.69, 9.17) is 21.1 Å². The van der Waals surface area contributed by atoms with Crippen LogP contribution in [0.5, 0.6) is 0 Å². The summed E-state index contributed by atoms with van der Waals surface area (Å²) in [5, 5.41) is 0.661. The number of halogens is 2. The highest BCUT2D eigenvalue weighted by atomic mass is 79.9. The summed E-state index contributed by atoms with van der Waals surface area (Å²) in [6, 6.07) is 3.72. The number of hydrogen-bond donors (Lipinski definition) is 0. The molecule has 0 saturated heterocycles. The molecule has 0 saturated carbocycles. The summed E-state index contributed by atoms with van der Waals surface area (Å²) >= 11 is 11.1. The van der Waals surface area contributed by atoms with Gasteiger partial charge in [-0.3, -0.25) is 0 Å². The van der Waals surface area contributed by atoms with E-state index >= 15 is 0 Å². The zero-order valence-corrected chi connectivity index (χ0v) is 11.9. The van der Waals surface area contributed by atoms with Gasteiger partial charge in [-0.25, -0.2) is 0 Å². The Hall–Kier alpha value is 0.260. The van der Waals surface area contributed by atoms with Gasteiger partial charge < -0.3 is 9.47 Å². The van der Waals surface area contributed by atoms with Crippen LogP contribution in [0.4, 0.5) is 0 Å². The van der Waals surface area contributed by atoms with E-state index in [1.807, 2.05) is 18.4 Å². The minimum Gasteiger partial charge on any atom is -0.352 e. The first kappa shape index (κ1) is 13.3. The quantitative estimate of drug-likeness (QED) is 0.616. The van der Waals surface area contributed by atoms with Crippen molar-refractivity contribution in [3.8, 4) is 0 Å². The SMILES string of the molecule is COC(OC)c1cc(Cl)cc(Br)c1SC. The molecule has 0 amide bonds. The van der Waals surface area contributed by atoms with Gasteiger partial charge in [0.1, 0.15) is 0 Å². The van der Waals surface area contributed by atoms with E-state index in [2.05, 4.69) is 15.9 Å². The fraction of sp³-hybridized carbons (Fsp3) is 0.400. The highest BCUT2D eigenvalue weighted by Gasteiger charge is 2.16. The van der Waals surface area contributed by atoms with Gasteiger partial charge in [-0.15, -0.1) is 11.8 Å². The number of thioether (sulfide) groups is 1. The third-order valence-corrected chi connectivity index (χ3v) is 3.89. The van der Waals surface area contributed by atoms with Crippen LogP contribution in [0.25, 0.3) is 0 Å². The predicted octanol–water partition coefficient (Wildman–Crippen LogP) is 4.12. The van der Waals surface area contributed by atoms with E-state index in [1.54, 1.807) is 26.0 Å². The van der Waals surface area contributed by atoms with Crippen molar-refractivity contribution in [1.82, 2.24) is 0 Å². The van der Waals surface area contributed by atoms with Crippen LogP contribution in [-0.2, 0) is 9.47 Å². The topological polar surface area (TPSA) is 18.5 Å². The molecular weight excluding hydrogens is 300 g/mol. The van der Waals surface area contributed by atoms with Gasteiger partial charge in [-0.2, -0.15) is 0 Å². The number of methoxy groups -OCH3 is 2. The molecule has 15 heavy (non-hydrogen) atoms. The summed E-state index contributed by atoms with van der Waals surface area (Å²) in [4.78, 5) is 1.08. The zero-order valence-electron chi connectivity index (χ0n) is 8.71.